The van der Waals surface area contributed by atoms with E-state index in [-0.39, 0.29) is 11.9 Å². The second-order valence-corrected chi connectivity index (χ2v) is 4.06. The molecular weight excluding hydrogens is 207 g/mol. The Morgan fingerprint density at radius 2 is 2.38 bits per heavy atom. The number of nitrogens with one attached hydrogen (secondary N) is 1. The lowest BCUT2D eigenvalue weighted by molar-refractivity contribution is 0.229. The fourth-order valence-electron chi connectivity index (χ4n) is 2.20. The first-order valence-corrected chi connectivity index (χ1v) is 5.57. The lowest BCUT2D eigenvalue weighted by Crippen LogP contribution is -2.38. The number of hydrogen-bond donors (Lipinski definition) is 1. The van der Waals surface area contributed by atoms with E-state index in [1.807, 2.05) is 6.07 Å². The molecule has 1 aromatic carbocycles. The molecule has 1 atom stereocenters. The SMILES string of the molecule is Fc1cccc2c1CCC(C1=NCCN1)O2. The molecule has 1 aromatic rings. The van der Waals surface area contributed by atoms with Crippen LogP contribution in [0, 0.1) is 5.82 Å². The highest BCUT2D eigenvalue weighted by Gasteiger charge is 2.27. The third-order valence-corrected chi connectivity index (χ3v) is 3.01. The zero-order chi connectivity index (χ0) is 11.0. The van der Waals surface area contributed by atoms with Crippen molar-refractivity contribution in [2.45, 2.75) is 18.9 Å². The van der Waals surface area contributed by atoms with E-state index < -0.39 is 0 Å². The van der Waals surface area contributed by atoms with Crippen LogP contribution in [0.4, 0.5) is 4.39 Å². The van der Waals surface area contributed by atoms with E-state index >= 15 is 0 Å². The Morgan fingerprint density at radius 1 is 1.44 bits per heavy atom. The molecule has 0 saturated carbocycles. The van der Waals surface area contributed by atoms with Crippen LogP contribution in [0.15, 0.2) is 23.2 Å². The summed E-state index contributed by atoms with van der Waals surface area (Å²) >= 11 is 0. The number of hydrogen-bond acceptors (Lipinski definition) is 3. The van der Waals surface area contributed by atoms with E-state index in [1.54, 1.807) is 6.07 Å². The molecule has 3 rings (SSSR count). The van der Waals surface area contributed by atoms with Gasteiger partial charge in [-0.2, -0.15) is 0 Å². The van der Waals surface area contributed by atoms with Crippen molar-refractivity contribution >= 4 is 5.84 Å². The van der Waals surface area contributed by atoms with Gasteiger partial charge in [0, 0.05) is 12.1 Å². The molecule has 1 N–H and O–H groups in total. The Balaban J connectivity index is 1.86. The van der Waals surface area contributed by atoms with E-state index in [2.05, 4.69) is 10.3 Å². The number of nitrogens with zero attached hydrogens (tertiary/aromatic N) is 1. The topological polar surface area (TPSA) is 33.6 Å². The molecule has 3 nitrogen and oxygen atoms in total. The minimum Gasteiger partial charge on any atom is -0.482 e. The van der Waals surface area contributed by atoms with Gasteiger partial charge in [0.1, 0.15) is 17.4 Å². The number of ether oxygens (including phenoxy) is 1. The summed E-state index contributed by atoms with van der Waals surface area (Å²) < 4.78 is 19.2. The fraction of sp³-hybridized carbons (Fsp3) is 0.417. The number of aliphatic imine (C=N–C) groups is 1. The summed E-state index contributed by atoms with van der Waals surface area (Å²) in [5.74, 6) is 1.40. The number of benzene rings is 1. The quantitative estimate of drug-likeness (QED) is 0.778. The van der Waals surface area contributed by atoms with Crippen LogP contribution >= 0.6 is 0 Å². The summed E-state index contributed by atoms with van der Waals surface area (Å²) in [7, 11) is 0. The van der Waals surface area contributed by atoms with Crippen molar-refractivity contribution in [2.75, 3.05) is 13.1 Å². The highest BCUT2D eigenvalue weighted by Crippen LogP contribution is 2.29. The molecule has 1 unspecified atom stereocenters. The van der Waals surface area contributed by atoms with Gasteiger partial charge in [-0.3, -0.25) is 4.99 Å². The predicted octanol–water partition coefficient (Wildman–Crippen LogP) is 1.52. The lowest BCUT2D eigenvalue weighted by Gasteiger charge is -2.26. The van der Waals surface area contributed by atoms with Crippen LogP contribution in [0.5, 0.6) is 5.75 Å². The van der Waals surface area contributed by atoms with E-state index in [9.17, 15) is 4.39 Å². The molecular formula is C12H13FN2O. The van der Waals surface area contributed by atoms with Gasteiger partial charge in [0.25, 0.3) is 0 Å². The predicted molar refractivity (Wildman–Crippen MR) is 59.4 cm³/mol. The van der Waals surface area contributed by atoms with E-state index in [1.165, 1.54) is 6.07 Å². The zero-order valence-electron chi connectivity index (χ0n) is 8.87. The number of rotatable bonds is 1. The maximum atomic E-state index is 13.4. The Labute approximate surface area is 93.3 Å². The van der Waals surface area contributed by atoms with Crippen LogP contribution in [0.3, 0.4) is 0 Å². The third-order valence-electron chi connectivity index (χ3n) is 3.01. The van der Waals surface area contributed by atoms with Gasteiger partial charge in [-0.1, -0.05) is 6.07 Å². The Bertz CT molecular complexity index is 445. The summed E-state index contributed by atoms with van der Waals surface area (Å²) in [4.78, 5) is 4.34. The minimum atomic E-state index is -0.169. The molecule has 2 aliphatic heterocycles. The maximum absolute atomic E-state index is 13.4. The second kappa shape index (κ2) is 3.77. The first-order valence-electron chi connectivity index (χ1n) is 5.57. The Kier molecular flexibility index (Phi) is 2.27. The molecule has 0 spiro atoms. The van der Waals surface area contributed by atoms with Crippen molar-refractivity contribution < 1.29 is 9.13 Å². The van der Waals surface area contributed by atoms with Crippen LogP contribution in [0.25, 0.3) is 0 Å². The Hall–Kier alpha value is -1.58. The molecule has 0 radical (unpaired) electrons. The molecule has 0 fully saturated rings. The van der Waals surface area contributed by atoms with Crippen molar-refractivity contribution in [3.8, 4) is 5.75 Å². The minimum absolute atomic E-state index is 0.0307. The molecule has 84 valence electrons. The highest BCUT2D eigenvalue weighted by atomic mass is 19.1. The summed E-state index contributed by atoms with van der Waals surface area (Å²) in [5, 5.41) is 3.20. The number of halogens is 1. The van der Waals surface area contributed by atoms with E-state index in [0.717, 1.165) is 25.3 Å². The molecule has 2 aliphatic rings. The standard InChI is InChI=1S/C12H13FN2O/c13-9-2-1-3-10-8(9)4-5-11(16-10)12-14-6-7-15-12/h1-3,11H,4-7H2,(H,14,15). The Morgan fingerprint density at radius 3 is 3.19 bits per heavy atom. The van der Waals surface area contributed by atoms with E-state index in [0.29, 0.717) is 17.7 Å². The van der Waals surface area contributed by atoms with Crippen molar-refractivity contribution in [2.24, 2.45) is 4.99 Å². The molecule has 16 heavy (non-hydrogen) atoms. The summed E-state index contributed by atoms with van der Waals surface area (Å²) in [6, 6.07) is 4.98. The van der Waals surface area contributed by atoms with Gasteiger partial charge >= 0.3 is 0 Å². The largest absolute Gasteiger partial charge is 0.482 e. The van der Waals surface area contributed by atoms with Crippen molar-refractivity contribution in [1.82, 2.24) is 5.32 Å². The fourth-order valence-corrected chi connectivity index (χ4v) is 2.20. The first kappa shape index (κ1) is 9.63. The van der Waals surface area contributed by atoms with Gasteiger partial charge < -0.3 is 10.1 Å². The van der Waals surface area contributed by atoms with Gasteiger partial charge in [0.2, 0.25) is 0 Å². The lowest BCUT2D eigenvalue weighted by atomic mass is 10.0. The molecule has 2 heterocycles. The molecule has 0 aliphatic carbocycles. The monoisotopic (exact) mass is 220 g/mol. The zero-order valence-corrected chi connectivity index (χ0v) is 8.87. The molecule has 0 amide bonds. The van der Waals surface area contributed by atoms with Gasteiger partial charge in [0.05, 0.1) is 6.54 Å². The summed E-state index contributed by atoms with van der Waals surface area (Å²) in [5.41, 5.74) is 0.692. The number of fused-ring (bicyclic) bond motifs is 1. The van der Waals surface area contributed by atoms with Crippen LogP contribution in [0.1, 0.15) is 12.0 Å². The average molecular weight is 220 g/mol. The first-order chi connectivity index (χ1) is 7.84. The summed E-state index contributed by atoms with van der Waals surface area (Å²) in [6.07, 6.45) is 1.48. The smallest absolute Gasteiger partial charge is 0.156 e. The van der Waals surface area contributed by atoms with Gasteiger partial charge in [-0.05, 0) is 25.0 Å². The van der Waals surface area contributed by atoms with Crippen LogP contribution in [-0.2, 0) is 6.42 Å². The molecule has 0 saturated heterocycles. The summed E-state index contributed by atoms with van der Waals surface area (Å²) in [6.45, 7) is 1.69. The van der Waals surface area contributed by atoms with Crippen molar-refractivity contribution in [1.29, 1.82) is 0 Å². The van der Waals surface area contributed by atoms with Crippen molar-refractivity contribution in [3.63, 3.8) is 0 Å². The second-order valence-electron chi connectivity index (χ2n) is 4.06. The van der Waals surface area contributed by atoms with Gasteiger partial charge in [0.15, 0.2) is 6.10 Å². The highest BCUT2D eigenvalue weighted by molar-refractivity contribution is 5.88. The van der Waals surface area contributed by atoms with Gasteiger partial charge in [-0.15, -0.1) is 0 Å². The van der Waals surface area contributed by atoms with Crippen LogP contribution in [-0.4, -0.2) is 25.0 Å². The normalized spacial score (nSPS) is 23.1. The van der Waals surface area contributed by atoms with Gasteiger partial charge in [-0.25, -0.2) is 4.39 Å². The maximum Gasteiger partial charge on any atom is 0.156 e. The molecule has 4 heteroatoms. The van der Waals surface area contributed by atoms with Crippen molar-refractivity contribution in [3.05, 3.63) is 29.6 Å². The van der Waals surface area contributed by atoms with Crippen LogP contribution < -0.4 is 10.1 Å². The van der Waals surface area contributed by atoms with Crippen LogP contribution in [0.2, 0.25) is 0 Å². The third kappa shape index (κ3) is 1.54. The van der Waals surface area contributed by atoms with E-state index in [4.69, 9.17) is 4.74 Å². The average Bonchev–Trinajstić information content (AvgIpc) is 2.82. The number of amidine groups is 1. The molecule has 0 aromatic heterocycles. The molecule has 0 bridgehead atoms.